The third-order valence-corrected chi connectivity index (χ3v) is 9.56. The SMILES string of the molecule is O[C@@H]1[C@@H]2[C@H]3C[C@H]4[C@@H]5[C@H]3[C@@H]1[C@](c1ccccc1)([C@@H]42)[C@@H]5I. The van der Waals surface area contributed by atoms with Gasteiger partial charge in [0, 0.05) is 9.34 Å². The molecular weight excluding hydrogens is 347 g/mol. The molecule has 7 rings (SSSR count). The molecule has 98 valence electrons. The highest BCUT2D eigenvalue weighted by Gasteiger charge is 2.88. The molecule has 1 aromatic carbocycles. The van der Waals surface area contributed by atoms with E-state index in [1.54, 1.807) is 5.56 Å². The summed E-state index contributed by atoms with van der Waals surface area (Å²) in [6.45, 7) is 0. The third kappa shape index (κ3) is 0.787. The molecule has 1 nitrogen and oxygen atoms in total. The maximum atomic E-state index is 10.8. The zero-order valence-corrected chi connectivity index (χ0v) is 12.8. The van der Waals surface area contributed by atoms with Crippen LogP contribution in [0.4, 0.5) is 0 Å². The van der Waals surface area contributed by atoms with Crippen molar-refractivity contribution in [3.8, 4) is 0 Å². The predicted molar refractivity (Wildman–Crippen MR) is 81.0 cm³/mol. The van der Waals surface area contributed by atoms with Gasteiger partial charge in [-0.15, -0.1) is 0 Å². The minimum Gasteiger partial charge on any atom is -0.392 e. The number of benzene rings is 1. The highest BCUT2D eigenvalue weighted by molar-refractivity contribution is 14.1. The Balaban J connectivity index is 1.68. The van der Waals surface area contributed by atoms with Gasteiger partial charge >= 0.3 is 0 Å². The summed E-state index contributed by atoms with van der Waals surface area (Å²) in [4.78, 5) is 0. The number of aliphatic hydroxyl groups excluding tert-OH is 1. The number of hydrogen-bond donors (Lipinski definition) is 1. The molecule has 6 bridgehead atoms. The lowest BCUT2D eigenvalue weighted by atomic mass is 9.61. The van der Waals surface area contributed by atoms with Crippen LogP contribution < -0.4 is 0 Å². The van der Waals surface area contributed by atoms with Crippen LogP contribution in [-0.4, -0.2) is 15.1 Å². The monoisotopic (exact) mass is 364 g/mol. The number of aliphatic hydroxyl groups is 1. The Morgan fingerprint density at radius 2 is 1.79 bits per heavy atom. The van der Waals surface area contributed by atoms with Crippen LogP contribution in [0, 0.1) is 41.4 Å². The van der Waals surface area contributed by atoms with Gasteiger partial charge in [0.15, 0.2) is 0 Å². The molecule has 0 unspecified atom stereocenters. The van der Waals surface area contributed by atoms with E-state index < -0.39 is 0 Å². The van der Waals surface area contributed by atoms with Crippen molar-refractivity contribution < 1.29 is 5.11 Å². The van der Waals surface area contributed by atoms with Gasteiger partial charge < -0.3 is 5.11 Å². The second-order valence-electron chi connectivity index (χ2n) is 7.54. The first-order valence-corrected chi connectivity index (χ1v) is 8.90. The molecule has 0 heterocycles. The smallest absolute Gasteiger partial charge is 0.0614 e. The molecular formula is C17H17IO. The van der Waals surface area contributed by atoms with Crippen molar-refractivity contribution in [2.45, 2.75) is 21.9 Å². The van der Waals surface area contributed by atoms with Crippen LogP contribution in [0.25, 0.3) is 0 Å². The van der Waals surface area contributed by atoms with E-state index in [1.807, 2.05) is 0 Å². The molecule has 19 heavy (non-hydrogen) atoms. The molecule has 6 aliphatic rings. The topological polar surface area (TPSA) is 20.2 Å². The van der Waals surface area contributed by atoms with E-state index in [-0.39, 0.29) is 6.10 Å². The summed E-state index contributed by atoms with van der Waals surface area (Å²) in [7, 11) is 0. The molecule has 0 aliphatic heterocycles. The first-order chi connectivity index (χ1) is 9.28. The fourth-order valence-corrected chi connectivity index (χ4v) is 10.1. The van der Waals surface area contributed by atoms with E-state index in [4.69, 9.17) is 0 Å². The summed E-state index contributed by atoms with van der Waals surface area (Å²) in [6.07, 6.45) is 1.45. The zero-order valence-electron chi connectivity index (χ0n) is 10.6. The minimum atomic E-state index is 0.00923. The number of halogens is 1. The molecule has 0 radical (unpaired) electrons. The summed E-state index contributed by atoms with van der Waals surface area (Å²) in [6, 6.07) is 11.2. The Hall–Kier alpha value is -0.0900. The second-order valence-corrected chi connectivity index (χ2v) is 8.88. The average Bonchev–Trinajstić information content (AvgIpc) is 3.15. The van der Waals surface area contributed by atoms with Crippen molar-refractivity contribution in [3.05, 3.63) is 35.9 Å². The number of alkyl halides is 1. The highest BCUT2D eigenvalue weighted by atomic mass is 127. The quantitative estimate of drug-likeness (QED) is 0.600. The Morgan fingerprint density at radius 1 is 1.00 bits per heavy atom. The normalized spacial score (nSPS) is 65.9. The van der Waals surface area contributed by atoms with Gasteiger partial charge in [0.25, 0.3) is 0 Å². The van der Waals surface area contributed by atoms with Gasteiger partial charge in [0.1, 0.15) is 0 Å². The van der Waals surface area contributed by atoms with Crippen molar-refractivity contribution in [1.82, 2.24) is 0 Å². The molecule has 10 atom stereocenters. The maximum Gasteiger partial charge on any atom is 0.0614 e. The lowest BCUT2D eigenvalue weighted by Crippen LogP contribution is -2.43. The summed E-state index contributed by atoms with van der Waals surface area (Å²) in [5.41, 5.74) is 1.88. The molecule has 6 saturated carbocycles. The minimum absolute atomic E-state index is 0.00923. The molecule has 0 aromatic heterocycles. The molecule has 1 N–H and O–H groups in total. The van der Waals surface area contributed by atoms with Gasteiger partial charge in [-0.25, -0.2) is 0 Å². The predicted octanol–water partition coefficient (Wildman–Crippen LogP) is 2.86. The first-order valence-electron chi connectivity index (χ1n) is 7.65. The summed E-state index contributed by atoms with van der Waals surface area (Å²) in [5.74, 6) is 5.65. The van der Waals surface area contributed by atoms with Gasteiger partial charge in [-0.2, -0.15) is 0 Å². The maximum absolute atomic E-state index is 10.8. The number of rotatable bonds is 1. The van der Waals surface area contributed by atoms with Gasteiger partial charge in [0.2, 0.25) is 0 Å². The van der Waals surface area contributed by atoms with Gasteiger partial charge in [-0.1, -0.05) is 52.9 Å². The first kappa shape index (κ1) is 10.6. The van der Waals surface area contributed by atoms with Crippen LogP contribution in [0.15, 0.2) is 30.3 Å². The molecule has 2 heteroatoms. The highest BCUT2D eigenvalue weighted by Crippen LogP contribution is 2.88. The number of hydrogen-bond acceptors (Lipinski definition) is 1. The zero-order chi connectivity index (χ0) is 12.5. The lowest BCUT2D eigenvalue weighted by molar-refractivity contribution is 0.103. The fraction of sp³-hybridized carbons (Fsp3) is 0.647. The van der Waals surface area contributed by atoms with Crippen LogP contribution in [0.2, 0.25) is 0 Å². The molecule has 1 aromatic rings. The average molecular weight is 364 g/mol. The van der Waals surface area contributed by atoms with Crippen LogP contribution >= 0.6 is 22.6 Å². The molecule has 0 spiro atoms. The molecule has 6 fully saturated rings. The molecule has 0 saturated heterocycles. The van der Waals surface area contributed by atoms with E-state index in [9.17, 15) is 5.11 Å². The van der Waals surface area contributed by atoms with Gasteiger partial charge in [-0.3, -0.25) is 0 Å². The summed E-state index contributed by atoms with van der Waals surface area (Å²) < 4.78 is 0.768. The third-order valence-electron chi connectivity index (χ3n) is 7.70. The Morgan fingerprint density at radius 3 is 2.58 bits per heavy atom. The van der Waals surface area contributed by atoms with E-state index in [2.05, 4.69) is 52.9 Å². The van der Waals surface area contributed by atoms with Gasteiger partial charge in [0.05, 0.1) is 6.10 Å². The van der Waals surface area contributed by atoms with Crippen molar-refractivity contribution in [1.29, 1.82) is 0 Å². The largest absolute Gasteiger partial charge is 0.392 e. The van der Waals surface area contributed by atoms with Crippen molar-refractivity contribution in [2.75, 3.05) is 0 Å². The van der Waals surface area contributed by atoms with E-state index >= 15 is 0 Å². The van der Waals surface area contributed by atoms with Crippen molar-refractivity contribution in [2.24, 2.45) is 41.4 Å². The van der Waals surface area contributed by atoms with E-state index in [0.717, 1.165) is 33.5 Å². The Kier molecular flexibility index (Phi) is 1.63. The molecule has 0 amide bonds. The van der Waals surface area contributed by atoms with E-state index in [1.165, 1.54) is 6.42 Å². The van der Waals surface area contributed by atoms with Crippen LogP contribution in [0.5, 0.6) is 0 Å². The van der Waals surface area contributed by atoms with Crippen LogP contribution in [-0.2, 0) is 5.41 Å². The van der Waals surface area contributed by atoms with Crippen molar-refractivity contribution in [3.63, 3.8) is 0 Å². The summed E-state index contributed by atoms with van der Waals surface area (Å²) >= 11 is 2.76. The summed E-state index contributed by atoms with van der Waals surface area (Å²) in [5, 5.41) is 10.8. The molecule has 6 aliphatic carbocycles. The standard InChI is InChI=1S/C17H17IO/c18-16-11-9-6-8-10(11)14-15(19)12(8)13(9)17(14,16)7-4-2-1-3-5-7/h1-5,8-16,19H,6H2/t8-,9-,10-,11+,12+,13-,14-,15+,16+,17-/m0/s1. The fourth-order valence-electron chi connectivity index (χ4n) is 7.85. The van der Waals surface area contributed by atoms with Crippen LogP contribution in [0.1, 0.15) is 12.0 Å². The second kappa shape index (κ2) is 2.92. The van der Waals surface area contributed by atoms with E-state index in [0.29, 0.717) is 17.3 Å². The Bertz CT molecular complexity index is 582. The van der Waals surface area contributed by atoms with Gasteiger partial charge in [-0.05, 0) is 53.4 Å². The van der Waals surface area contributed by atoms with Crippen molar-refractivity contribution >= 4 is 22.6 Å². The Labute approximate surface area is 126 Å². The van der Waals surface area contributed by atoms with Crippen LogP contribution in [0.3, 0.4) is 0 Å². The lowest BCUT2D eigenvalue weighted by Gasteiger charge is -2.43.